The van der Waals surface area contributed by atoms with Gasteiger partial charge in [0.2, 0.25) is 5.28 Å². The number of anilines is 2. The molecule has 0 radical (unpaired) electrons. The van der Waals surface area contributed by atoms with Crippen molar-refractivity contribution >= 4 is 51.1 Å². The number of para-hydroxylation sites is 1. The minimum absolute atomic E-state index is 0.297. The van der Waals surface area contributed by atoms with E-state index in [0.29, 0.717) is 11.1 Å². The molecular formula is C25H17ClN6S. The quantitative estimate of drug-likeness (QED) is 0.296. The Hall–Kier alpha value is -3.81. The summed E-state index contributed by atoms with van der Waals surface area (Å²) in [5, 5.41) is 12.4. The molecule has 3 aromatic heterocycles. The lowest BCUT2D eigenvalue weighted by Crippen LogP contribution is -2.13. The summed E-state index contributed by atoms with van der Waals surface area (Å²) in [6.07, 6.45) is 1.83. The van der Waals surface area contributed by atoms with Gasteiger partial charge >= 0.3 is 0 Å². The lowest BCUT2D eigenvalue weighted by Gasteiger charge is -2.21. The number of halogens is 1. The van der Waals surface area contributed by atoms with E-state index in [1.807, 2.05) is 42.9 Å². The smallest absolute Gasteiger partial charge is 0.258 e. The Morgan fingerprint density at radius 2 is 1.70 bits per heavy atom. The molecule has 0 aliphatic carbocycles. The Morgan fingerprint density at radius 1 is 0.879 bits per heavy atom. The molecule has 0 spiro atoms. The van der Waals surface area contributed by atoms with Crippen molar-refractivity contribution in [3.05, 3.63) is 89.7 Å². The molecule has 6 rings (SSSR count). The lowest BCUT2D eigenvalue weighted by molar-refractivity contribution is 1.08. The molecule has 0 unspecified atom stereocenters. The van der Waals surface area contributed by atoms with Crippen molar-refractivity contribution < 1.29 is 0 Å². The number of rotatable bonds is 4. The highest BCUT2D eigenvalue weighted by atomic mass is 35.5. The van der Waals surface area contributed by atoms with Gasteiger partial charge < -0.3 is 4.90 Å². The van der Waals surface area contributed by atoms with Gasteiger partial charge in [0, 0.05) is 35.3 Å². The summed E-state index contributed by atoms with van der Waals surface area (Å²) in [7, 11) is 2.01. The minimum atomic E-state index is 0.297. The Bertz CT molecular complexity index is 1590. The first-order chi connectivity index (χ1) is 16.2. The van der Waals surface area contributed by atoms with E-state index in [2.05, 4.69) is 68.6 Å². The van der Waals surface area contributed by atoms with E-state index in [1.165, 1.54) is 0 Å². The third kappa shape index (κ3) is 3.42. The van der Waals surface area contributed by atoms with E-state index >= 15 is 0 Å². The summed E-state index contributed by atoms with van der Waals surface area (Å²) in [6.45, 7) is 0. The van der Waals surface area contributed by atoms with Crippen molar-refractivity contribution in [1.82, 2.24) is 24.6 Å². The van der Waals surface area contributed by atoms with Gasteiger partial charge in [0.1, 0.15) is 10.8 Å². The Balaban J connectivity index is 1.41. The van der Waals surface area contributed by atoms with Gasteiger partial charge in [-0.25, -0.2) is 9.38 Å². The molecule has 33 heavy (non-hydrogen) atoms. The summed E-state index contributed by atoms with van der Waals surface area (Å²) in [5.41, 5.74) is 5.32. The number of benzene rings is 3. The summed E-state index contributed by atoms with van der Waals surface area (Å²) < 4.78 is 1.76. The van der Waals surface area contributed by atoms with E-state index < -0.39 is 0 Å². The third-order valence-corrected chi connectivity index (χ3v) is 6.71. The highest BCUT2D eigenvalue weighted by molar-refractivity contribution is 7.13. The van der Waals surface area contributed by atoms with Crippen molar-refractivity contribution in [1.29, 1.82) is 0 Å². The molecule has 6 nitrogen and oxygen atoms in total. The van der Waals surface area contributed by atoms with Gasteiger partial charge in [-0.1, -0.05) is 48.5 Å². The molecule has 0 aliphatic rings. The van der Waals surface area contributed by atoms with E-state index in [-0.39, 0.29) is 0 Å². The summed E-state index contributed by atoms with van der Waals surface area (Å²) >= 11 is 7.91. The van der Waals surface area contributed by atoms with Crippen LogP contribution < -0.4 is 4.90 Å². The van der Waals surface area contributed by atoms with Crippen LogP contribution in [0.4, 0.5) is 11.5 Å². The van der Waals surface area contributed by atoms with Crippen LogP contribution in [0.1, 0.15) is 0 Å². The second-order valence-electron chi connectivity index (χ2n) is 7.58. The van der Waals surface area contributed by atoms with Crippen molar-refractivity contribution in [3.63, 3.8) is 0 Å². The molecule has 0 aliphatic heterocycles. The van der Waals surface area contributed by atoms with Gasteiger partial charge in [-0.15, -0.1) is 21.5 Å². The molecule has 3 aromatic carbocycles. The molecule has 0 N–H and O–H groups in total. The maximum absolute atomic E-state index is 6.27. The maximum atomic E-state index is 6.27. The zero-order valence-electron chi connectivity index (χ0n) is 17.6. The Kier molecular flexibility index (Phi) is 4.78. The molecule has 8 heteroatoms. The van der Waals surface area contributed by atoms with Crippen LogP contribution in [0.15, 0.2) is 84.4 Å². The van der Waals surface area contributed by atoms with Gasteiger partial charge in [0.25, 0.3) is 5.78 Å². The first kappa shape index (κ1) is 19.8. The topological polar surface area (TPSA) is 59.2 Å². The number of nitrogens with zero attached hydrogens (tertiary/aromatic N) is 6. The number of thiazole rings is 1. The number of fused-ring (bicyclic) bond motifs is 3. The van der Waals surface area contributed by atoms with Crippen molar-refractivity contribution in [2.45, 2.75) is 0 Å². The second-order valence-corrected chi connectivity index (χ2v) is 8.81. The average Bonchev–Trinajstić information content (AvgIpc) is 3.54. The Labute approximate surface area is 198 Å². The molecule has 3 heterocycles. The van der Waals surface area contributed by atoms with Crippen molar-refractivity contribution in [2.24, 2.45) is 0 Å². The van der Waals surface area contributed by atoms with Crippen LogP contribution in [-0.4, -0.2) is 31.6 Å². The highest BCUT2D eigenvalue weighted by Gasteiger charge is 2.16. The Morgan fingerprint density at radius 3 is 2.52 bits per heavy atom. The average molecular weight is 469 g/mol. The zero-order valence-corrected chi connectivity index (χ0v) is 19.1. The normalized spacial score (nSPS) is 11.3. The summed E-state index contributed by atoms with van der Waals surface area (Å²) in [5.74, 6) is 1.26. The monoisotopic (exact) mass is 468 g/mol. The molecular weight excluding hydrogens is 452 g/mol. The van der Waals surface area contributed by atoms with E-state index in [9.17, 15) is 0 Å². The van der Waals surface area contributed by atoms with Crippen LogP contribution in [0.3, 0.4) is 0 Å². The first-order valence-electron chi connectivity index (χ1n) is 10.3. The predicted octanol–water partition coefficient (Wildman–Crippen LogP) is 6.49. The van der Waals surface area contributed by atoms with E-state index in [1.54, 1.807) is 15.7 Å². The standard InChI is InChI=1S/C25H17ClN6S/c1-31(22-20-7-2-3-8-21(20)32-24(26)29-30-25(32)28-22)19-6-4-5-18(15-19)16-9-11-17(12-10-16)23-27-13-14-33-23/h2-15H,1H3. The first-order valence-corrected chi connectivity index (χ1v) is 11.6. The minimum Gasteiger partial charge on any atom is -0.329 e. The summed E-state index contributed by atoms with van der Waals surface area (Å²) in [4.78, 5) is 11.2. The van der Waals surface area contributed by atoms with Gasteiger partial charge in [-0.3, -0.25) is 0 Å². The third-order valence-electron chi connectivity index (χ3n) is 5.65. The second kappa shape index (κ2) is 7.95. The lowest BCUT2D eigenvalue weighted by atomic mass is 10.0. The van der Waals surface area contributed by atoms with Crippen LogP contribution in [0.25, 0.3) is 38.4 Å². The predicted molar refractivity (Wildman–Crippen MR) is 134 cm³/mol. The fraction of sp³-hybridized carbons (Fsp3) is 0.0400. The number of aromatic nitrogens is 5. The van der Waals surface area contributed by atoms with E-state index in [4.69, 9.17) is 16.6 Å². The van der Waals surface area contributed by atoms with Gasteiger partial charge in [0.05, 0.1) is 5.52 Å². The zero-order chi connectivity index (χ0) is 22.4. The molecule has 0 fully saturated rings. The molecule has 6 aromatic rings. The molecule has 0 atom stereocenters. The van der Waals surface area contributed by atoms with Crippen molar-refractivity contribution in [3.8, 4) is 21.7 Å². The van der Waals surface area contributed by atoms with Crippen LogP contribution in [-0.2, 0) is 0 Å². The highest BCUT2D eigenvalue weighted by Crippen LogP contribution is 2.33. The van der Waals surface area contributed by atoms with Crippen molar-refractivity contribution in [2.75, 3.05) is 11.9 Å². The fourth-order valence-electron chi connectivity index (χ4n) is 3.99. The molecule has 0 saturated carbocycles. The number of hydrogen-bond acceptors (Lipinski definition) is 6. The van der Waals surface area contributed by atoms with Crippen LogP contribution in [0, 0.1) is 0 Å². The SMILES string of the molecule is CN(c1cccc(-c2ccc(-c3nccs3)cc2)c1)c1nc2nnc(Cl)n2c2ccccc12. The largest absolute Gasteiger partial charge is 0.329 e. The molecule has 0 amide bonds. The van der Waals surface area contributed by atoms with Gasteiger partial charge in [-0.2, -0.15) is 4.98 Å². The van der Waals surface area contributed by atoms with E-state index in [0.717, 1.165) is 44.1 Å². The number of hydrogen-bond donors (Lipinski definition) is 0. The van der Waals surface area contributed by atoms with Crippen LogP contribution in [0.5, 0.6) is 0 Å². The van der Waals surface area contributed by atoms with Gasteiger partial charge in [0.15, 0.2) is 0 Å². The fourth-order valence-corrected chi connectivity index (χ4v) is 4.84. The van der Waals surface area contributed by atoms with Crippen LogP contribution >= 0.6 is 22.9 Å². The van der Waals surface area contributed by atoms with Crippen LogP contribution in [0.2, 0.25) is 5.28 Å². The molecule has 160 valence electrons. The maximum Gasteiger partial charge on any atom is 0.258 e. The van der Waals surface area contributed by atoms with Gasteiger partial charge in [-0.05, 0) is 47.0 Å². The molecule has 0 saturated heterocycles. The summed E-state index contributed by atoms with van der Waals surface area (Å²) in [6, 6.07) is 24.9. The molecule has 0 bridgehead atoms.